The van der Waals surface area contributed by atoms with Gasteiger partial charge < -0.3 is 9.64 Å². The third-order valence-electron chi connectivity index (χ3n) is 3.09. The van der Waals surface area contributed by atoms with E-state index in [-0.39, 0.29) is 11.8 Å². The van der Waals surface area contributed by atoms with Gasteiger partial charge >= 0.3 is 0 Å². The van der Waals surface area contributed by atoms with Crippen molar-refractivity contribution in [2.75, 3.05) is 25.1 Å². The average Bonchev–Trinajstić information content (AvgIpc) is 2.38. The van der Waals surface area contributed by atoms with Crippen LogP contribution in [0.4, 0.5) is 11.5 Å². The number of rotatable bonds is 3. The zero-order valence-corrected chi connectivity index (χ0v) is 10.8. The first-order chi connectivity index (χ1) is 8.61. The van der Waals surface area contributed by atoms with Crippen molar-refractivity contribution in [3.8, 4) is 0 Å². The van der Waals surface area contributed by atoms with Crippen molar-refractivity contribution in [1.29, 1.82) is 0 Å². The van der Waals surface area contributed by atoms with Crippen LogP contribution in [0, 0.1) is 10.1 Å². The Morgan fingerprint density at radius 1 is 1.56 bits per heavy atom. The predicted octanol–water partition coefficient (Wildman–Crippen LogP) is 2.26. The summed E-state index contributed by atoms with van der Waals surface area (Å²) in [6, 6.07) is 1.34. The monoisotopic (exact) mass is 271 g/mol. The van der Waals surface area contributed by atoms with Crippen LogP contribution in [0.2, 0.25) is 5.02 Å². The largest absolute Gasteiger partial charge is 0.381 e. The van der Waals surface area contributed by atoms with Crippen molar-refractivity contribution >= 4 is 23.1 Å². The normalized spacial score (nSPS) is 16.9. The molecule has 2 rings (SSSR count). The van der Waals surface area contributed by atoms with E-state index in [0.29, 0.717) is 10.8 Å². The Hall–Kier alpha value is -1.40. The van der Waals surface area contributed by atoms with E-state index in [9.17, 15) is 10.1 Å². The highest BCUT2D eigenvalue weighted by atomic mass is 35.5. The Labute approximate surface area is 110 Å². The number of nitrogens with zero attached hydrogens (tertiary/aromatic N) is 3. The topological polar surface area (TPSA) is 68.5 Å². The summed E-state index contributed by atoms with van der Waals surface area (Å²) in [5, 5.41) is 10.9. The molecule has 0 spiro atoms. The molecule has 0 radical (unpaired) electrons. The predicted molar refractivity (Wildman–Crippen MR) is 68.1 cm³/mol. The van der Waals surface area contributed by atoms with Crippen LogP contribution in [0.3, 0.4) is 0 Å². The number of piperidine rings is 1. The van der Waals surface area contributed by atoms with Crippen molar-refractivity contribution in [1.82, 2.24) is 4.98 Å². The lowest BCUT2D eigenvalue weighted by molar-refractivity contribution is -0.385. The fourth-order valence-corrected chi connectivity index (χ4v) is 2.34. The standard InChI is InChI=1S/C11H14ClN3O3/c1-18-9-2-4-14(5-3-9)11-10(12)6-8(7-13-11)15(16)17/h6-7,9H,2-5H2,1H3. The van der Waals surface area contributed by atoms with Crippen LogP contribution in [0.1, 0.15) is 12.8 Å². The first-order valence-corrected chi connectivity index (χ1v) is 6.07. The van der Waals surface area contributed by atoms with Crippen molar-refractivity contribution < 1.29 is 9.66 Å². The summed E-state index contributed by atoms with van der Waals surface area (Å²) in [4.78, 5) is 16.2. The van der Waals surface area contributed by atoms with Gasteiger partial charge in [-0.3, -0.25) is 10.1 Å². The van der Waals surface area contributed by atoms with Gasteiger partial charge in [0.1, 0.15) is 12.0 Å². The smallest absolute Gasteiger partial charge is 0.289 e. The molecule has 1 aromatic heterocycles. The second-order valence-corrected chi connectivity index (χ2v) is 4.59. The van der Waals surface area contributed by atoms with Crippen molar-refractivity contribution in [2.24, 2.45) is 0 Å². The molecule has 0 saturated carbocycles. The van der Waals surface area contributed by atoms with Gasteiger partial charge in [-0.2, -0.15) is 0 Å². The van der Waals surface area contributed by atoms with Gasteiger partial charge in [0.15, 0.2) is 0 Å². The van der Waals surface area contributed by atoms with Crippen LogP contribution in [-0.4, -0.2) is 36.2 Å². The van der Waals surface area contributed by atoms with E-state index in [4.69, 9.17) is 16.3 Å². The molecule has 1 aliphatic heterocycles. The molecule has 1 saturated heterocycles. The number of methoxy groups -OCH3 is 1. The summed E-state index contributed by atoms with van der Waals surface area (Å²) >= 11 is 6.04. The van der Waals surface area contributed by atoms with E-state index < -0.39 is 4.92 Å². The zero-order chi connectivity index (χ0) is 13.1. The van der Waals surface area contributed by atoms with Crippen LogP contribution in [-0.2, 0) is 4.74 Å². The summed E-state index contributed by atoms with van der Waals surface area (Å²) in [6.45, 7) is 1.59. The molecule has 6 nitrogen and oxygen atoms in total. The molecular formula is C11H14ClN3O3. The lowest BCUT2D eigenvalue weighted by Gasteiger charge is -2.32. The second-order valence-electron chi connectivity index (χ2n) is 4.18. The van der Waals surface area contributed by atoms with Gasteiger partial charge in [0.05, 0.1) is 16.0 Å². The molecule has 0 amide bonds. The molecule has 0 N–H and O–H groups in total. The van der Waals surface area contributed by atoms with Gasteiger partial charge in [0.25, 0.3) is 5.69 Å². The Balaban J connectivity index is 2.12. The molecule has 18 heavy (non-hydrogen) atoms. The van der Waals surface area contributed by atoms with E-state index >= 15 is 0 Å². The Bertz CT molecular complexity index is 447. The minimum absolute atomic E-state index is 0.0875. The minimum atomic E-state index is -0.500. The molecule has 0 aromatic carbocycles. The van der Waals surface area contributed by atoms with E-state index in [1.54, 1.807) is 7.11 Å². The summed E-state index contributed by atoms with van der Waals surface area (Å²) in [5.74, 6) is 0.608. The second kappa shape index (κ2) is 5.49. The highest BCUT2D eigenvalue weighted by Crippen LogP contribution is 2.29. The maximum atomic E-state index is 10.6. The fourth-order valence-electron chi connectivity index (χ4n) is 2.06. The molecule has 1 aliphatic rings. The van der Waals surface area contributed by atoms with Crippen LogP contribution in [0.5, 0.6) is 0 Å². The van der Waals surface area contributed by atoms with Crippen LogP contribution in [0.25, 0.3) is 0 Å². The molecule has 98 valence electrons. The summed E-state index contributed by atoms with van der Waals surface area (Å²) in [6.07, 6.45) is 3.33. The van der Waals surface area contributed by atoms with E-state index in [1.807, 2.05) is 4.90 Å². The average molecular weight is 272 g/mol. The lowest BCUT2D eigenvalue weighted by Crippen LogP contribution is -2.37. The summed E-state index contributed by atoms with van der Waals surface area (Å²) in [7, 11) is 1.71. The number of anilines is 1. The molecular weight excluding hydrogens is 258 g/mol. The molecule has 0 aliphatic carbocycles. The molecule has 7 heteroatoms. The maximum absolute atomic E-state index is 10.6. The number of hydrogen-bond acceptors (Lipinski definition) is 5. The summed E-state index contributed by atoms with van der Waals surface area (Å²) in [5.41, 5.74) is -0.0875. The van der Waals surface area contributed by atoms with Crippen LogP contribution < -0.4 is 4.90 Å². The first kappa shape index (κ1) is 13.0. The van der Waals surface area contributed by atoms with Crippen molar-refractivity contribution in [3.63, 3.8) is 0 Å². The highest BCUT2D eigenvalue weighted by molar-refractivity contribution is 6.33. The van der Waals surface area contributed by atoms with Gasteiger partial charge in [0.2, 0.25) is 0 Å². The third-order valence-corrected chi connectivity index (χ3v) is 3.37. The van der Waals surface area contributed by atoms with Gasteiger partial charge in [0, 0.05) is 26.3 Å². The Morgan fingerprint density at radius 2 is 2.22 bits per heavy atom. The fraction of sp³-hybridized carbons (Fsp3) is 0.545. The number of hydrogen-bond donors (Lipinski definition) is 0. The van der Waals surface area contributed by atoms with Gasteiger partial charge in [-0.15, -0.1) is 0 Å². The lowest BCUT2D eigenvalue weighted by atomic mass is 10.1. The molecule has 0 unspecified atom stereocenters. The van der Waals surface area contributed by atoms with Crippen molar-refractivity contribution in [3.05, 3.63) is 27.4 Å². The SMILES string of the molecule is COC1CCN(c2ncc([N+](=O)[O-])cc2Cl)CC1. The Morgan fingerprint density at radius 3 is 2.72 bits per heavy atom. The number of ether oxygens (including phenoxy) is 1. The minimum Gasteiger partial charge on any atom is -0.381 e. The van der Waals surface area contributed by atoms with E-state index in [0.717, 1.165) is 25.9 Å². The van der Waals surface area contributed by atoms with Crippen LogP contribution in [0.15, 0.2) is 12.3 Å². The quantitative estimate of drug-likeness (QED) is 0.623. The number of nitro groups is 1. The first-order valence-electron chi connectivity index (χ1n) is 5.69. The molecule has 0 bridgehead atoms. The van der Waals surface area contributed by atoms with E-state index in [2.05, 4.69) is 4.98 Å². The molecule has 2 heterocycles. The number of pyridine rings is 1. The van der Waals surface area contributed by atoms with Crippen molar-refractivity contribution in [2.45, 2.75) is 18.9 Å². The maximum Gasteiger partial charge on any atom is 0.289 e. The molecule has 1 aromatic rings. The van der Waals surface area contributed by atoms with Gasteiger partial charge in [-0.25, -0.2) is 4.98 Å². The third kappa shape index (κ3) is 2.70. The molecule has 1 fully saturated rings. The zero-order valence-electron chi connectivity index (χ0n) is 10.0. The van der Waals surface area contributed by atoms with Crippen LogP contribution >= 0.6 is 11.6 Å². The Kier molecular flexibility index (Phi) is 3.98. The number of halogens is 1. The summed E-state index contributed by atoms with van der Waals surface area (Å²) < 4.78 is 5.29. The molecule has 0 atom stereocenters. The number of aromatic nitrogens is 1. The van der Waals surface area contributed by atoms with Gasteiger partial charge in [-0.1, -0.05) is 11.6 Å². The highest BCUT2D eigenvalue weighted by Gasteiger charge is 2.22. The van der Waals surface area contributed by atoms with Gasteiger partial charge in [-0.05, 0) is 12.8 Å². The van der Waals surface area contributed by atoms with E-state index in [1.165, 1.54) is 12.3 Å².